The Morgan fingerprint density at radius 3 is 2.37 bits per heavy atom. The normalized spacial score (nSPS) is 38.0. The zero-order chi connectivity index (χ0) is 31.5. The Morgan fingerprint density at radius 1 is 1.09 bits per heavy atom. The van der Waals surface area contributed by atoms with Crippen molar-refractivity contribution in [2.45, 2.75) is 65.8 Å². The number of Topliss-reactive ketones (excluding diaryl/α,β-unsaturated/α-hetero) is 1. The van der Waals surface area contributed by atoms with E-state index in [0.29, 0.717) is 17.6 Å². The van der Waals surface area contributed by atoms with Gasteiger partial charge in [0.2, 0.25) is 0 Å². The Kier molecular flexibility index (Phi) is 7.80. The van der Waals surface area contributed by atoms with Crippen LogP contribution in [0.25, 0.3) is 0 Å². The lowest BCUT2D eigenvalue weighted by Gasteiger charge is -2.49. The molecule has 9 nitrogen and oxygen atoms in total. The minimum Gasteiger partial charge on any atom is -0.461 e. The van der Waals surface area contributed by atoms with Crippen LogP contribution in [0.15, 0.2) is 65.3 Å². The van der Waals surface area contributed by atoms with Crippen LogP contribution in [0.4, 0.5) is 0 Å². The van der Waals surface area contributed by atoms with Gasteiger partial charge in [0.05, 0.1) is 24.2 Å². The highest BCUT2D eigenvalue weighted by atomic mass is 16.6. The number of ketones is 1. The fourth-order valence-corrected chi connectivity index (χ4v) is 8.13. The Labute approximate surface area is 251 Å². The summed E-state index contributed by atoms with van der Waals surface area (Å²) in [4.78, 5) is 53.1. The van der Waals surface area contributed by atoms with Crippen LogP contribution in [0, 0.1) is 34.5 Å². The minimum atomic E-state index is -2.21. The molecule has 230 valence electrons. The van der Waals surface area contributed by atoms with Crippen LogP contribution < -0.4 is 0 Å². The molecular weight excluding hydrogens is 552 g/mol. The summed E-state index contributed by atoms with van der Waals surface area (Å²) in [5.74, 6) is -3.71. The van der Waals surface area contributed by atoms with Gasteiger partial charge in [-0.3, -0.25) is 9.59 Å². The second-order valence-electron chi connectivity index (χ2n) is 12.8. The molecule has 1 spiro atoms. The van der Waals surface area contributed by atoms with Crippen LogP contribution in [0.1, 0.15) is 58.3 Å². The molecule has 0 unspecified atom stereocenters. The van der Waals surface area contributed by atoms with Crippen molar-refractivity contribution in [1.29, 1.82) is 0 Å². The molecule has 1 aromatic rings. The molecule has 2 N–H and O–H groups in total. The number of hydrogen-bond donors (Lipinski definition) is 2. The van der Waals surface area contributed by atoms with Gasteiger partial charge in [-0.1, -0.05) is 50.3 Å². The molecule has 2 fully saturated rings. The average Bonchev–Trinajstić information content (AvgIpc) is 3.52. The van der Waals surface area contributed by atoms with E-state index < -0.39 is 65.0 Å². The van der Waals surface area contributed by atoms with E-state index >= 15 is 0 Å². The third kappa shape index (κ3) is 4.51. The molecule has 5 rings (SSSR count). The first-order valence-corrected chi connectivity index (χ1v) is 14.8. The molecule has 1 aromatic carbocycles. The number of rotatable bonds is 7. The van der Waals surface area contributed by atoms with E-state index in [1.807, 2.05) is 19.9 Å². The van der Waals surface area contributed by atoms with E-state index in [1.165, 1.54) is 6.92 Å². The molecule has 2 bridgehead atoms. The first-order chi connectivity index (χ1) is 20.3. The molecule has 43 heavy (non-hydrogen) atoms. The predicted molar refractivity (Wildman–Crippen MR) is 155 cm³/mol. The van der Waals surface area contributed by atoms with Crippen molar-refractivity contribution in [1.82, 2.24) is 0 Å². The second-order valence-corrected chi connectivity index (χ2v) is 12.8. The molecule has 4 aliphatic rings. The van der Waals surface area contributed by atoms with E-state index in [4.69, 9.17) is 14.2 Å². The fourth-order valence-electron chi connectivity index (χ4n) is 8.13. The lowest BCUT2D eigenvalue weighted by Crippen LogP contribution is -2.66. The van der Waals surface area contributed by atoms with Crippen LogP contribution >= 0.6 is 0 Å². The highest BCUT2D eigenvalue weighted by molar-refractivity contribution is 5.96. The summed E-state index contributed by atoms with van der Waals surface area (Å²) in [6.07, 6.45) is 2.61. The molecule has 2 saturated carbocycles. The number of esters is 3. The number of ether oxygens (including phenoxy) is 3. The Hall–Kier alpha value is -3.56. The van der Waals surface area contributed by atoms with Gasteiger partial charge in [-0.25, -0.2) is 9.59 Å². The number of carbonyl (C=O) groups is 4. The maximum atomic E-state index is 14.9. The van der Waals surface area contributed by atoms with Crippen LogP contribution in [-0.2, 0) is 28.6 Å². The van der Waals surface area contributed by atoms with Gasteiger partial charge in [-0.05, 0) is 68.2 Å². The van der Waals surface area contributed by atoms with Crippen molar-refractivity contribution in [3.8, 4) is 0 Å². The number of benzene rings is 1. The smallest absolute Gasteiger partial charge is 0.338 e. The Morgan fingerprint density at radius 2 is 1.77 bits per heavy atom. The molecule has 0 heterocycles. The standard InChI is InChI=1S/C34H40O9/c1-7-18(2)30(38)43-29-23(16-35)14-24-26-25(32(26,6)17-41-31(39)22-11-9-8-10-12-22)13-20(4)33(27(24)37)15-19(3)28(34(29,33)40)42-21(5)36/h7-12,14-15,20,24-26,28-29,35,40H,13,16-17H2,1-6H3/t20-,24+,25-,26+,28+,29-,32-,33+,34-/m1/s1. The quantitative estimate of drug-likeness (QED) is 0.210. The van der Waals surface area contributed by atoms with Crippen molar-refractivity contribution >= 4 is 23.7 Å². The molecular formula is C34H40O9. The topological polar surface area (TPSA) is 136 Å². The molecule has 9 heteroatoms. The van der Waals surface area contributed by atoms with E-state index in [2.05, 4.69) is 0 Å². The third-order valence-corrected chi connectivity index (χ3v) is 10.4. The zero-order valence-corrected chi connectivity index (χ0v) is 25.5. The van der Waals surface area contributed by atoms with E-state index in [1.54, 1.807) is 63.3 Å². The first-order valence-electron chi connectivity index (χ1n) is 14.8. The number of fused-ring (bicyclic) bond motifs is 3. The molecule has 9 atom stereocenters. The number of carbonyl (C=O) groups excluding carboxylic acids is 4. The second kappa shape index (κ2) is 10.9. The number of allylic oxidation sites excluding steroid dienone is 2. The summed E-state index contributed by atoms with van der Waals surface area (Å²) in [6, 6.07) is 8.69. The van der Waals surface area contributed by atoms with Gasteiger partial charge >= 0.3 is 17.9 Å². The van der Waals surface area contributed by atoms with Gasteiger partial charge in [0.25, 0.3) is 0 Å². The average molecular weight is 593 g/mol. The van der Waals surface area contributed by atoms with Gasteiger partial charge in [-0.2, -0.15) is 0 Å². The summed E-state index contributed by atoms with van der Waals surface area (Å²) in [5.41, 5.74) is -3.00. The van der Waals surface area contributed by atoms with Gasteiger partial charge in [-0.15, -0.1) is 0 Å². The van der Waals surface area contributed by atoms with Crippen LogP contribution in [0.3, 0.4) is 0 Å². The van der Waals surface area contributed by atoms with Crippen molar-refractivity contribution < 1.29 is 43.6 Å². The number of aliphatic hydroxyl groups excluding tert-OH is 1. The molecule has 0 radical (unpaired) electrons. The molecule has 0 aromatic heterocycles. The number of aliphatic hydroxyl groups is 2. The highest BCUT2D eigenvalue weighted by Gasteiger charge is 2.78. The van der Waals surface area contributed by atoms with Crippen molar-refractivity contribution in [3.63, 3.8) is 0 Å². The highest BCUT2D eigenvalue weighted by Crippen LogP contribution is 2.72. The summed E-state index contributed by atoms with van der Waals surface area (Å²) in [6.45, 7) is 9.49. The summed E-state index contributed by atoms with van der Waals surface area (Å²) >= 11 is 0. The third-order valence-electron chi connectivity index (χ3n) is 10.4. The monoisotopic (exact) mass is 592 g/mol. The van der Waals surface area contributed by atoms with E-state index in [0.717, 1.165) is 0 Å². The van der Waals surface area contributed by atoms with Crippen molar-refractivity contribution in [2.75, 3.05) is 13.2 Å². The van der Waals surface area contributed by atoms with Crippen molar-refractivity contribution in [2.24, 2.45) is 34.5 Å². The van der Waals surface area contributed by atoms with Crippen LogP contribution in [0.2, 0.25) is 0 Å². The van der Waals surface area contributed by atoms with Gasteiger partial charge in [0, 0.05) is 23.8 Å². The summed E-state index contributed by atoms with van der Waals surface area (Å²) in [5, 5.41) is 23.5. The fraction of sp³-hybridized carbons (Fsp3) is 0.529. The summed E-state index contributed by atoms with van der Waals surface area (Å²) in [7, 11) is 0. The largest absolute Gasteiger partial charge is 0.461 e. The zero-order valence-electron chi connectivity index (χ0n) is 25.5. The lowest BCUT2D eigenvalue weighted by molar-refractivity contribution is -0.210. The molecule has 4 aliphatic carbocycles. The minimum absolute atomic E-state index is 0.0364. The first kappa shape index (κ1) is 30.9. The molecule has 0 amide bonds. The lowest BCUT2D eigenvalue weighted by atomic mass is 9.59. The van der Waals surface area contributed by atoms with Gasteiger partial charge in [0.1, 0.15) is 0 Å². The maximum Gasteiger partial charge on any atom is 0.338 e. The summed E-state index contributed by atoms with van der Waals surface area (Å²) < 4.78 is 17.4. The van der Waals surface area contributed by atoms with Crippen LogP contribution in [0.5, 0.6) is 0 Å². The molecule has 0 saturated heterocycles. The van der Waals surface area contributed by atoms with Gasteiger partial charge < -0.3 is 24.4 Å². The Bertz CT molecular complexity index is 1440. The predicted octanol–water partition coefficient (Wildman–Crippen LogP) is 3.74. The van der Waals surface area contributed by atoms with E-state index in [-0.39, 0.29) is 35.4 Å². The number of hydrogen-bond acceptors (Lipinski definition) is 9. The Balaban J connectivity index is 1.60. The van der Waals surface area contributed by atoms with Gasteiger partial charge in [0.15, 0.2) is 23.6 Å². The van der Waals surface area contributed by atoms with Crippen LogP contribution in [-0.4, -0.2) is 64.9 Å². The molecule has 0 aliphatic heterocycles. The SMILES string of the molecule is CC=C(C)C(=O)O[C@@H]1C(CO)=C[C@@H]2C(=O)[C@]3(C=C(C)[C@H](OC(C)=O)[C@@]13O)[C@H](C)C[C@@H]1[C@H]2[C@]1(C)COC(=O)c1ccccc1. The maximum absolute atomic E-state index is 14.9. The van der Waals surface area contributed by atoms with E-state index in [9.17, 15) is 29.4 Å². The van der Waals surface area contributed by atoms with Crippen molar-refractivity contribution in [3.05, 3.63) is 70.8 Å².